The van der Waals surface area contributed by atoms with Crippen molar-refractivity contribution in [2.45, 2.75) is 26.7 Å². The lowest BCUT2D eigenvalue weighted by Gasteiger charge is -2.35. The standard InChI is InChI=1S/C13H16F4N2/c1-7(2)8-3-5-19(6-4-8)11-9(14)12(16)18-13(17)10(11)15/h7-8H,3-6H2,1-2H3. The minimum atomic E-state index is -1.60. The molecule has 1 fully saturated rings. The van der Waals surface area contributed by atoms with Gasteiger partial charge in [-0.3, -0.25) is 0 Å². The number of nitrogens with zero attached hydrogens (tertiary/aromatic N) is 2. The number of rotatable bonds is 2. The van der Waals surface area contributed by atoms with Gasteiger partial charge in [0.25, 0.3) is 11.9 Å². The fourth-order valence-corrected chi connectivity index (χ4v) is 2.54. The third-order valence-corrected chi connectivity index (χ3v) is 3.77. The van der Waals surface area contributed by atoms with Gasteiger partial charge in [-0.15, -0.1) is 0 Å². The van der Waals surface area contributed by atoms with Gasteiger partial charge in [0.05, 0.1) is 0 Å². The van der Waals surface area contributed by atoms with Gasteiger partial charge in [0.1, 0.15) is 5.69 Å². The van der Waals surface area contributed by atoms with E-state index in [9.17, 15) is 17.6 Å². The average Bonchev–Trinajstić information content (AvgIpc) is 2.37. The van der Waals surface area contributed by atoms with Crippen molar-refractivity contribution in [3.63, 3.8) is 0 Å². The summed E-state index contributed by atoms with van der Waals surface area (Å²) in [4.78, 5) is 3.92. The van der Waals surface area contributed by atoms with Crippen LogP contribution < -0.4 is 4.90 Å². The fraction of sp³-hybridized carbons (Fsp3) is 0.615. The Hall–Kier alpha value is -1.33. The van der Waals surface area contributed by atoms with Crippen molar-refractivity contribution in [3.8, 4) is 0 Å². The zero-order valence-corrected chi connectivity index (χ0v) is 10.9. The number of halogens is 4. The molecule has 0 aromatic carbocycles. The second kappa shape index (κ2) is 5.35. The van der Waals surface area contributed by atoms with Crippen LogP contribution in [0.15, 0.2) is 0 Å². The van der Waals surface area contributed by atoms with E-state index in [-0.39, 0.29) is 0 Å². The molecule has 0 atom stereocenters. The van der Waals surface area contributed by atoms with Gasteiger partial charge in [-0.2, -0.15) is 22.5 Å². The Kier molecular flexibility index (Phi) is 3.96. The molecule has 1 saturated heterocycles. The fourth-order valence-electron chi connectivity index (χ4n) is 2.54. The third-order valence-electron chi connectivity index (χ3n) is 3.77. The van der Waals surface area contributed by atoms with E-state index in [4.69, 9.17) is 0 Å². The Morgan fingerprint density at radius 3 is 1.89 bits per heavy atom. The number of aromatic nitrogens is 1. The van der Waals surface area contributed by atoms with Crippen molar-refractivity contribution in [2.24, 2.45) is 11.8 Å². The molecule has 0 aliphatic carbocycles. The Labute approximate surface area is 109 Å². The van der Waals surface area contributed by atoms with Crippen molar-refractivity contribution in [2.75, 3.05) is 18.0 Å². The lowest BCUT2D eigenvalue weighted by Crippen LogP contribution is -2.36. The first-order chi connectivity index (χ1) is 8.91. The normalized spacial score (nSPS) is 17.3. The second-order valence-corrected chi connectivity index (χ2v) is 5.24. The zero-order chi connectivity index (χ0) is 14.2. The van der Waals surface area contributed by atoms with E-state index in [0.717, 1.165) is 12.8 Å². The van der Waals surface area contributed by atoms with Crippen molar-refractivity contribution >= 4 is 5.69 Å². The second-order valence-electron chi connectivity index (χ2n) is 5.24. The van der Waals surface area contributed by atoms with Crippen LogP contribution in [0.3, 0.4) is 0 Å². The first kappa shape index (κ1) is 14.1. The van der Waals surface area contributed by atoms with Crippen LogP contribution >= 0.6 is 0 Å². The van der Waals surface area contributed by atoms with Gasteiger partial charge in [0, 0.05) is 13.1 Å². The summed E-state index contributed by atoms with van der Waals surface area (Å²) in [6.07, 6.45) is 1.50. The van der Waals surface area contributed by atoms with Gasteiger partial charge in [-0.05, 0) is 24.7 Å². The average molecular weight is 276 g/mol. The molecule has 0 saturated carbocycles. The summed E-state index contributed by atoms with van der Waals surface area (Å²) in [7, 11) is 0. The number of hydrogen-bond acceptors (Lipinski definition) is 2. The monoisotopic (exact) mass is 276 g/mol. The van der Waals surface area contributed by atoms with Crippen LogP contribution in [-0.2, 0) is 0 Å². The predicted molar refractivity (Wildman–Crippen MR) is 63.8 cm³/mol. The molecule has 2 nitrogen and oxygen atoms in total. The van der Waals surface area contributed by atoms with Crippen LogP contribution in [0.2, 0.25) is 0 Å². The Morgan fingerprint density at radius 1 is 1.00 bits per heavy atom. The SMILES string of the molecule is CC(C)C1CCN(c2c(F)c(F)nc(F)c2F)CC1. The number of pyridine rings is 1. The molecule has 1 aromatic rings. The van der Waals surface area contributed by atoms with Gasteiger partial charge in [0.2, 0.25) is 11.6 Å². The van der Waals surface area contributed by atoms with Crippen molar-refractivity contribution in [1.82, 2.24) is 4.98 Å². The van der Waals surface area contributed by atoms with Gasteiger partial charge in [-0.25, -0.2) is 0 Å². The molecular weight excluding hydrogens is 260 g/mol. The molecule has 2 heterocycles. The summed E-state index contributed by atoms with van der Waals surface area (Å²) in [5.74, 6) is -5.06. The molecule has 106 valence electrons. The highest BCUT2D eigenvalue weighted by Gasteiger charge is 2.29. The molecule has 1 aliphatic rings. The first-order valence-electron chi connectivity index (χ1n) is 6.36. The highest BCUT2D eigenvalue weighted by Crippen LogP contribution is 2.32. The molecular formula is C13H16F4N2. The van der Waals surface area contributed by atoms with Gasteiger partial charge in [0.15, 0.2) is 0 Å². The van der Waals surface area contributed by atoms with Crippen LogP contribution in [0, 0.1) is 35.4 Å². The highest BCUT2D eigenvalue weighted by molar-refractivity contribution is 5.48. The minimum absolute atomic E-state index is 0.388. The predicted octanol–water partition coefficient (Wildman–Crippen LogP) is 3.51. The summed E-state index contributed by atoms with van der Waals surface area (Å²) in [5.41, 5.74) is -0.632. The lowest BCUT2D eigenvalue weighted by atomic mass is 9.86. The van der Waals surface area contributed by atoms with Gasteiger partial charge in [-0.1, -0.05) is 13.8 Å². The highest BCUT2D eigenvalue weighted by atomic mass is 19.2. The quantitative estimate of drug-likeness (QED) is 0.607. The first-order valence-corrected chi connectivity index (χ1v) is 6.36. The smallest absolute Gasteiger partial charge is 0.253 e. The Morgan fingerprint density at radius 2 is 1.47 bits per heavy atom. The Bertz CT molecular complexity index is 442. The van der Waals surface area contributed by atoms with Crippen LogP contribution in [0.1, 0.15) is 26.7 Å². The molecule has 0 radical (unpaired) electrons. The summed E-state index contributed by atoms with van der Waals surface area (Å²) in [5, 5.41) is 0. The van der Waals surface area contributed by atoms with Crippen LogP contribution in [0.4, 0.5) is 23.2 Å². The van der Waals surface area contributed by atoms with E-state index in [1.54, 1.807) is 0 Å². The molecule has 19 heavy (non-hydrogen) atoms. The zero-order valence-electron chi connectivity index (χ0n) is 10.9. The largest absolute Gasteiger partial charge is 0.366 e. The van der Waals surface area contributed by atoms with Crippen LogP contribution in [0.5, 0.6) is 0 Å². The molecule has 0 unspecified atom stereocenters. The van der Waals surface area contributed by atoms with E-state index < -0.39 is 29.2 Å². The topological polar surface area (TPSA) is 16.1 Å². The molecule has 0 bridgehead atoms. The van der Waals surface area contributed by atoms with Crippen molar-refractivity contribution in [1.29, 1.82) is 0 Å². The van der Waals surface area contributed by atoms with Crippen molar-refractivity contribution < 1.29 is 17.6 Å². The maximum absolute atomic E-state index is 13.6. The maximum atomic E-state index is 13.6. The summed E-state index contributed by atoms with van der Waals surface area (Å²) in [6, 6.07) is 0. The maximum Gasteiger partial charge on any atom is 0.253 e. The molecule has 0 amide bonds. The Balaban J connectivity index is 2.25. The third kappa shape index (κ3) is 2.67. The molecule has 1 aromatic heterocycles. The summed E-state index contributed by atoms with van der Waals surface area (Å²) in [6.45, 7) is 4.96. The number of hydrogen-bond donors (Lipinski definition) is 0. The summed E-state index contributed by atoms with van der Waals surface area (Å²) >= 11 is 0. The molecule has 1 aliphatic heterocycles. The van der Waals surface area contributed by atoms with Crippen molar-refractivity contribution in [3.05, 3.63) is 23.5 Å². The van der Waals surface area contributed by atoms with E-state index in [1.165, 1.54) is 4.90 Å². The number of anilines is 1. The molecule has 6 heteroatoms. The number of piperidine rings is 1. The molecule has 2 rings (SSSR count). The van der Waals surface area contributed by atoms with E-state index in [0.29, 0.717) is 24.9 Å². The van der Waals surface area contributed by atoms with Crippen LogP contribution in [0.25, 0.3) is 0 Å². The summed E-state index contributed by atoms with van der Waals surface area (Å²) < 4.78 is 53.3. The molecule has 0 spiro atoms. The van der Waals surface area contributed by atoms with Gasteiger partial charge >= 0.3 is 0 Å². The van der Waals surface area contributed by atoms with E-state index in [1.807, 2.05) is 0 Å². The van der Waals surface area contributed by atoms with Crippen LogP contribution in [-0.4, -0.2) is 18.1 Å². The van der Waals surface area contributed by atoms with E-state index in [2.05, 4.69) is 18.8 Å². The van der Waals surface area contributed by atoms with Gasteiger partial charge < -0.3 is 4.90 Å². The minimum Gasteiger partial charge on any atom is -0.366 e. The molecule has 0 N–H and O–H groups in total. The van der Waals surface area contributed by atoms with E-state index >= 15 is 0 Å². The lowest BCUT2D eigenvalue weighted by molar-refractivity contribution is 0.307.